The van der Waals surface area contributed by atoms with Crippen LogP contribution in [0.1, 0.15) is 16.1 Å². The molecule has 0 aliphatic carbocycles. The second kappa shape index (κ2) is 7.33. The molecule has 0 atom stereocenters. The number of oxazole rings is 1. The zero-order valence-corrected chi connectivity index (χ0v) is 15.5. The first-order chi connectivity index (χ1) is 13.1. The maximum Gasteiger partial charge on any atom is 0.325 e. The Bertz CT molecular complexity index is 1010. The summed E-state index contributed by atoms with van der Waals surface area (Å²) in [5.74, 6) is -0.539. The molecular formula is C17H18N6O3S. The number of guanidine groups is 1. The van der Waals surface area contributed by atoms with Crippen molar-refractivity contribution < 1.29 is 13.9 Å². The normalized spacial score (nSPS) is 15.3. The number of amides is 1. The van der Waals surface area contributed by atoms with Crippen LogP contribution < -0.4 is 16.0 Å². The Morgan fingerprint density at radius 3 is 2.96 bits per heavy atom. The van der Waals surface area contributed by atoms with Gasteiger partial charge in [0.25, 0.3) is 5.91 Å². The fourth-order valence-electron chi connectivity index (χ4n) is 2.65. The van der Waals surface area contributed by atoms with E-state index in [-0.39, 0.29) is 17.7 Å². The van der Waals surface area contributed by atoms with Gasteiger partial charge in [-0.1, -0.05) is 6.07 Å². The molecule has 3 aromatic rings. The van der Waals surface area contributed by atoms with Crippen LogP contribution in [0.4, 0.5) is 11.1 Å². The molecule has 4 rings (SSSR count). The summed E-state index contributed by atoms with van der Waals surface area (Å²) in [4.78, 5) is 27.1. The van der Waals surface area contributed by atoms with Crippen molar-refractivity contribution in [2.24, 2.45) is 10.7 Å². The van der Waals surface area contributed by atoms with Crippen LogP contribution in [0.25, 0.3) is 11.1 Å². The number of anilines is 1. The van der Waals surface area contributed by atoms with Crippen molar-refractivity contribution in [2.75, 3.05) is 31.2 Å². The van der Waals surface area contributed by atoms with Gasteiger partial charge in [-0.05, 0) is 24.6 Å². The Morgan fingerprint density at radius 1 is 1.33 bits per heavy atom. The fraction of sp³-hybridized carbons (Fsp3) is 0.294. The van der Waals surface area contributed by atoms with Crippen molar-refractivity contribution in [3.8, 4) is 0 Å². The second-order valence-electron chi connectivity index (χ2n) is 6.03. The van der Waals surface area contributed by atoms with Gasteiger partial charge in [0.15, 0.2) is 10.7 Å². The third kappa shape index (κ3) is 3.91. The molecule has 1 aliphatic heterocycles. The van der Waals surface area contributed by atoms with Crippen molar-refractivity contribution in [1.29, 1.82) is 0 Å². The monoisotopic (exact) mass is 386 g/mol. The minimum absolute atomic E-state index is 0.0840. The summed E-state index contributed by atoms with van der Waals surface area (Å²) in [6.07, 6.45) is 0. The average Bonchev–Trinajstić information content (AvgIpc) is 3.28. The van der Waals surface area contributed by atoms with Gasteiger partial charge in [0.2, 0.25) is 5.96 Å². The summed E-state index contributed by atoms with van der Waals surface area (Å²) >= 11 is 1.41. The molecule has 2 aromatic heterocycles. The largest absolute Gasteiger partial charge is 0.422 e. The molecule has 10 heteroatoms. The minimum atomic E-state index is -0.432. The van der Waals surface area contributed by atoms with Gasteiger partial charge in [-0.25, -0.2) is 4.98 Å². The Hall–Kier alpha value is -2.98. The smallest absolute Gasteiger partial charge is 0.325 e. The van der Waals surface area contributed by atoms with Crippen LogP contribution in [0.2, 0.25) is 0 Å². The number of rotatable bonds is 3. The van der Waals surface area contributed by atoms with Crippen molar-refractivity contribution in [2.45, 2.75) is 6.92 Å². The molecule has 0 unspecified atom stereocenters. The van der Waals surface area contributed by atoms with Gasteiger partial charge in [-0.3, -0.25) is 10.1 Å². The molecule has 27 heavy (non-hydrogen) atoms. The van der Waals surface area contributed by atoms with Crippen molar-refractivity contribution in [3.05, 3.63) is 34.8 Å². The number of carbonyl (C=O) groups excluding carboxylic acids is 1. The average molecular weight is 386 g/mol. The maximum atomic E-state index is 12.3. The number of carbonyl (C=O) groups is 1. The number of aryl methyl sites for hydroxylation is 1. The number of fused-ring (bicyclic) bond motifs is 1. The van der Waals surface area contributed by atoms with Crippen molar-refractivity contribution in [1.82, 2.24) is 15.3 Å². The number of benzene rings is 1. The highest BCUT2D eigenvalue weighted by Crippen LogP contribution is 2.22. The number of ether oxygens (including phenoxy) is 1. The summed E-state index contributed by atoms with van der Waals surface area (Å²) in [5.41, 5.74) is 8.45. The van der Waals surface area contributed by atoms with Crippen LogP contribution in [0.15, 0.2) is 33.0 Å². The zero-order chi connectivity index (χ0) is 18.8. The van der Waals surface area contributed by atoms with Crippen LogP contribution in [-0.2, 0) is 4.74 Å². The van der Waals surface area contributed by atoms with Gasteiger partial charge < -0.3 is 19.8 Å². The van der Waals surface area contributed by atoms with Gasteiger partial charge in [0.1, 0.15) is 11.2 Å². The number of aliphatic imine (C=N–C) groups is 1. The van der Waals surface area contributed by atoms with E-state index in [1.165, 1.54) is 11.3 Å². The van der Waals surface area contributed by atoms with Crippen LogP contribution in [0.3, 0.4) is 0 Å². The summed E-state index contributed by atoms with van der Waals surface area (Å²) < 4.78 is 10.8. The lowest BCUT2D eigenvalue weighted by Gasteiger charge is -2.25. The lowest BCUT2D eigenvalue weighted by atomic mass is 10.2. The molecule has 3 heterocycles. The van der Waals surface area contributed by atoms with Crippen LogP contribution in [0.5, 0.6) is 0 Å². The topological polar surface area (TPSA) is 119 Å². The Kier molecular flexibility index (Phi) is 4.73. The maximum absolute atomic E-state index is 12.3. The van der Waals surface area contributed by atoms with E-state index in [9.17, 15) is 4.79 Å². The van der Waals surface area contributed by atoms with E-state index in [1.54, 1.807) is 5.38 Å². The number of nitrogens with zero attached hydrogens (tertiary/aromatic N) is 4. The molecule has 1 aliphatic rings. The third-order valence-corrected chi connectivity index (χ3v) is 4.90. The molecule has 9 nitrogen and oxygen atoms in total. The quantitative estimate of drug-likeness (QED) is 0.520. The molecule has 1 saturated heterocycles. The highest BCUT2D eigenvalue weighted by Gasteiger charge is 2.18. The van der Waals surface area contributed by atoms with Gasteiger partial charge in [0.05, 0.1) is 13.2 Å². The number of hydrogen-bond acceptors (Lipinski definition) is 8. The first kappa shape index (κ1) is 17.4. The van der Waals surface area contributed by atoms with Gasteiger partial charge in [0, 0.05) is 18.5 Å². The Labute approximate surface area is 158 Å². The summed E-state index contributed by atoms with van der Waals surface area (Å²) in [6, 6.07) is 5.70. The number of nitrogens with one attached hydrogen (secondary N) is 1. The molecule has 0 radical (unpaired) electrons. The van der Waals surface area contributed by atoms with Crippen LogP contribution in [-0.4, -0.2) is 48.1 Å². The summed E-state index contributed by atoms with van der Waals surface area (Å²) in [7, 11) is 0. The Morgan fingerprint density at radius 2 is 2.15 bits per heavy atom. The van der Waals surface area contributed by atoms with E-state index in [0.717, 1.165) is 23.8 Å². The first-order valence-electron chi connectivity index (χ1n) is 8.39. The third-order valence-electron chi connectivity index (χ3n) is 4.00. The molecule has 0 bridgehead atoms. The molecule has 0 spiro atoms. The van der Waals surface area contributed by atoms with E-state index < -0.39 is 5.91 Å². The summed E-state index contributed by atoms with van der Waals surface area (Å²) in [5, 5.41) is 4.98. The van der Waals surface area contributed by atoms with E-state index in [1.807, 2.05) is 25.1 Å². The lowest BCUT2D eigenvalue weighted by Crippen LogP contribution is -2.37. The molecule has 1 aromatic carbocycles. The Balaban J connectivity index is 1.45. The van der Waals surface area contributed by atoms with E-state index in [2.05, 4.69) is 25.2 Å². The molecular weight excluding hydrogens is 368 g/mol. The number of hydrogen-bond donors (Lipinski definition) is 2. The SMILES string of the molecule is Cc1ccc2oc(N=C(N)NC(=O)c3csc(N4CCOCC4)n3)nc2c1. The van der Waals surface area contributed by atoms with Crippen LogP contribution >= 0.6 is 11.3 Å². The fourth-order valence-corrected chi connectivity index (χ4v) is 3.51. The lowest BCUT2D eigenvalue weighted by molar-refractivity contribution is 0.0972. The van der Waals surface area contributed by atoms with E-state index in [4.69, 9.17) is 14.9 Å². The van der Waals surface area contributed by atoms with Crippen molar-refractivity contribution >= 4 is 45.4 Å². The van der Waals surface area contributed by atoms with Crippen LogP contribution in [0, 0.1) is 6.92 Å². The predicted molar refractivity (Wildman–Crippen MR) is 103 cm³/mol. The van der Waals surface area contributed by atoms with Gasteiger partial charge >= 0.3 is 6.01 Å². The number of aromatic nitrogens is 2. The highest BCUT2D eigenvalue weighted by molar-refractivity contribution is 7.13. The molecule has 3 N–H and O–H groups in total. The number of thiazole rings is 1. The van der Waals surface area contributed by atoms with E-state index >= 15 is 0 Å². The highest BCUT2D eigenvalue weighted by atomic mass is 32.1. The minimum Gasteiger partial charge on any atom is -0.422 e. The standard InChI is InChI=1S/C17H18N6O3S/c1-10-2-3-13-11(8-10)19-16(26-13)22-15(18)21-14(24)12-9-27-17(20-12)23-4-6-25-7-5-23/h2-3,8-9H,4-7H2,1H3,(H3,18,19,21,22,24). The summed E-state index contributed by atoms with van der Waals surface area (Å²) in [6.45, 7) is 4.80. The molecule has 1 fully saturated rings. The molecule has 0 saturated carbocycles. The number of nitrogens with two attached hydrogens (primary N) is 1. The van der Waals surface area contributed by atoms with E-state index in [0.29, 0.717) is 24.3 Å². The molecule has 1 amide bonds. The molecule has 140 valence electrons. The van der Waals surface area contributed by atoms with Gasteiger partial charge in [-0.15, -0.1) is 11.3 Å². The predicted octanol–water partition coefficient (Wildman–Crippen LogP) is 1.81. The van der Waals surface area contributed by atoms with Gasteiger partial charge in [-0.2, -0.15) is 9.98 Å². The number of morpholine rings is 1. The zero-order valence-electron chi connectivity index (χ0n) is 14.6. The van der Waals surface area contributed by atoms with Crippen molar-refractivity contribution in [3.63, 3.8) is 0 Å². The second-order valence-corrected chi connectivity index (χ2v) is 6.87. The first-order valence-corrected chi connectivity index (χ1v) is 9.27.